The second kappa shape index (κ2) is 8.20. The summed E-state index contributed by atoms with van der Waals surface area (Å²) in [6, 6.07) is 23.8. The smallest absolute Gasteiger partial charge is 0.166 e. The Labute approximate surface area is 141 Å². The van der Waals surface area contributed by atoms with Crippen molar-refractivity contribution in [1.29, 1.82) is 0 Å². The van der Waals surface area contributed by atoms with Gasteiger partial charge in [-0.15, -0.1) is 0 Å². The largest absolute Gasteiger partial charge is 0.166 e. The molecule has 0 nitrogen and oxygen atoms in total. The standard InChI is InChI=1S/C17H20ClISi/c18-20(15-19,13-11-16-7-3-1-4-8-16)14-12-17-9-5-2-6-10-17/h1-10H,11-15H2. The van der Waals surface area contributed by atoms with Gasteiger partial charge in [-0.2, -0.15) is 11.1 Å². The van der Waals surface area contributed by atoms with E-state index in [2.05, 4.69) is 83.3 Å². The van der Waals surface area contributed by atoms with E-state index >= 15 is 0 Å². The van der Waals surface area contributed by atoms with Gasteiger partial charge < -0.3 is 0 Å². The van der Waals surface area contributed by atoms with Crippen molar-refractivity contribution in [2.24, 2.45) is 0 Å². The number of rotatable bonds is 7. The van der Waals surface area contributed by atoms with E-state index in [1.807, 2.05) is 0 Å². The summed E-state index contributed by atoms with van der Waals surface area (Å²) in [5.41, 5.74) is 2.82. The van der Waals surface area contributed by atoms with E-state index in [4.69, 9.17) is 11.1 Å². The minimum Gasteiger partial charge on any atom is -0.166 e. The Hall–Kier alpha value is -0.323. The fraction of sp³-hybridized carbons (Fsp3) is 0.294. The van der Waals surface area contributed by atoms with Crippen molar-refractivity contribution in [3.05, 3.63) is 71.8 Å². The van der Waals surface area contributed by atoms with Crippen LogP contribution in [0, 0.1) is 0 Å². The maximum absolute atomic E-state index is 6.95. The van der Waals surface area contributed by atoms with Gasteiger partial charge in [-0.25, -0.2) is 0 Å². The predicted octanol–water partition coefficient (Wildman–Crippen LogP) is 5.63. The average molecular weight is 415 g/mol. The molecule has 0 N–H and O–H groups in total. The first-order valence-electron chi connectivity index (χ1n) is 7.05. The molecule has 0 aliphatic rings. The summed E-state index contributed by atoms with van der Waals surface area (Å²) >= 11 is 9.44. The van der Waals surface area contributed by atoms with Crippen LogP contribution in [0.15, 0.2) is 60.7 Å². The summed E-state index contributed by atoms with van der Waals surface area (Å²) in [7, 11) is -1.63. The van der Waals surface area contributed by atoms with E-state index in [0.29, 0.717) is 0 Å². The maximum Gasteiger partial charge on any atom is 0.166 e. The van der Waals surface area contributed by atoms with Gasteiger partial charge in [0.1, 0.15) is 0 Å². The quantitative estimate of drug-likeness (QED) is 0.238. The summed E-state index contributed by atoms with van der Waals surface area (Å²) in [6.07, 6.45) is 2.24. The third-order valence-electron chi connectivity index (χ3n) is 3.65. The molecule has 106 valence electrons. The number of aryl methyl sites for hydroxylation is 2. The van der Waals surface area contributed by atoms with Crippen molar-refractivity contribution in [1.82, 2.24) is 0 Å². The summed E-state index contributed by atoms with van der Waals surface area (Å²) in [5, 5.41) is 0. The van der Waals surface area contributed by atoms with Crippen LogP contribution in [0.1, 0.15) is 11.1 Å². The lowest BCUT2D eigenvalue weighted by atomic mass is 10.2. The molecule has 2 rings (SSSR count). The van der Waals surface area contributed by atoms with Gasteiger partial charge in [0.15, 0.2) is 7.38 Å². The minimum atomic E-state index is -1.63. The Morgan fingerprint density at radius 1 is 0.750 bits per heavy atom. The van der Waals surface area contributed by atoms with Gasteiger partial charge in [0.05, 0.1) is 0 Å². The van der Waals surface area contributed by atoms with Crippen molar-refractivity contribution in [3.8, 4) is 0 Å². The molecule has 20 heavy (non-hydrogen) atoms. The molecule has 0 atom stereocenters. The van der Waals surface area contributed by atoms with Gasteiger partial charge in [-0.05, 0) is 36.1 Å². The molecule has 0 aliphatic heterocycles. The van der Waals surface area contributed by atoms with E-state index in [9.17, 15) is 0 Å². The molecule has 0 unspecified atom stereocenters. The van der Waals surface area contributed by atoms with E-state index < -0.39 is 7.38 Å². The van der Waals surface area contributed by atoms with E-state index in [1.54, 1.807) is 0 Å². The summed E-state index contributed by atoms with van der Waals surface area (Å²) in [5.74, 6) is 0. The molecule has 0 saturated carbocycles. The monoisotopic (exact) mass is 414 g/mol. The molecule has 0 aliphatic carbocycles. The van der Waals surface area contributed by atoms with Crippen LogP contribution >= 0.6 is 33.7 Å². The zero-order valence-electron chi connectivity index (χ0n) is 11.6. The van der Waals surface area contributed by atoms with Crippen LogP contribution in [0.4, 0.5) is 0 Å². The Morgan fingerprint density at radius 3 is 1.50 bits per heavy atom. The third-order valence-corrected chi connectivity index (χ3v) is 13.7. The Bertz CT molecular complexity index is 457. The average Bonchev–Trinajstić information content (AvgIpc) is 2.53. The van der Waals surface area contributed by atoms with Crippen LogP contribution in [0.5, 0.6) is 0 Å². The van der Waals surface area contributed by atoms with Gasteiger partial charge in [0.25, 0.3) is 0 Å². The number of hydrogen-bond donors (Lipinski definition) is 0. The van der Waals surface area contributed by atoms with E-state index in [1.165, 1.54) is 23.2 Å². The first-order valence-corrected chi connectivity index (χ1v) is 12.2. The van der Waals surface area contributed by atoms with Crippen LogP contribution in [0.2, 0.25) is 12.1 Å². The molecule has 0 fully saturated rings. The molecule has 3 heteroatoms. The Kier molecular flexibility index (Phi) is 6.58. The van der Waals surface area contributed by atoms with Gasteiger partial charge >= 0.3 is 0 Å². The minimum absolute atomic E-state index is 1.12. The van der Waals surface area contributed by atoms with E-state index in [0.717, 1.165) is 16.9 Å². The first-order chi connectivity index (χ1) is 9.72. The summed E-state index contributed by atoms with van der Waals surface area (Å²) < 4.78 is 1.13. The van der Waals surface area contributed by atoms with Crippen molar-refractivity contribution < 1.29 is 0 Å². The second-order valence-corrected chi connectivity index (χ2v) is 13.5. The van der Waals surface area contributed by atoms with Gasteiger partial charge in [0.2, 0.25) is 0 Å². The highest BCUT2D eigenvalue weighted by molar-refractivity contribution is 14.1. The molecule has 0 amide bonds. The number of halogens is 2. The van der Waals surface area contributed by atoms with Gasteiger partial charge in [-0.1, -0.05) is 83.3 Å². The topological polar surface area (TPSA) is 0 Å². The number of hydrogen-bond acceptors (Lipinski definition) is 0. The molecule has 0 aromatic heterocycles. The van der Waals surface area contributed by atoms with Crippen molar-refractivity contribution >= 4 is 41.1 Å². The van der Waals surface area contributed by atoms with Crippen LogP contribution < -0.4 is 0 Å². The number of alkyl halides is 1. The molecular formula is C17H20ClISi. The molecular weight excluding hydrogens is 395 g/mol. The Balaban J connectivity index is 1.88. The normalized spacial score (nSPS) is 11.5. The van der Waals surface area contributed by atoms with Crippen LogP contribution in [-0.4, -0.2) is 11.4 Å². The second-order valence-electron chi connectivity index (χ2n) is 5.26. The zero-order valence-corrected chi connectivity index (χ0v) is 15.5. The fourth-order valence-corrected chi connectivity index (χ4v) is 7.13. The van der Waals surface area contributed by atoms with E-state index in [-0.39, 0.29) is 0 Å². The SMILES string of the molecule is Cl[Si](CI)(CCc1ccccc1)CCc1ccccc1. The highest BCUT2D eigenvalue weighted by Gasteiger charge is 2.28. The van der Waals surface area contributed by atoms with Crippen LogP contribution in [0.3, 0.4) is 0 Å². The Morgan fingerprint density at radius 2 is 1.15 bits per heavy atom. The highest BCUT2D eigenvalue weighted by atomic mass is 127. The van der Waals surface area contributed by atoms with Crippen LogP contribution in [-0.2, 0) is 12.8 Å². The lowest BCUT2D eigenvalue weighted by molar-refractivity contribution is 1.04. The third kappa shape index (κ3) is 5.22. The predicted molar refractivity (Wildman–Crippen MR) is 100 cm³/mol. The fourth-order valence-electron chi connectivity index (χ4n) is 2.28. The molecule has 2 aromatic rings. The lowest BCUT2D eigenvalue weighted by Gasteiger charge is -2.22. The van der Waals surface area contributed by atoms with Crippen LogP contribution in [0.25, 0.3) is 0 Å². The first kappa shape index (κ1) is 16.1. The van der Waals surface area contributed by atoms with Gasteiger partial charge in [0, 0.05) is 4.05 Å². The summed E-state index contributed by atoms with van der Waals surface area (Å²) in [6.45, 7) is 0. The molecule has 0 bridgehead atoms. The zero-order chi connectivity index (χ0) is 14.3. The molecule has 0 radical (unpaired) electrons. The molecule has 2 aromatic carbocycles. The summed E-state index contributed by atoms with van der Waals surface area (Å²) in [4.78, 5) is 0. The van der Waals surface area contributed by atoms with Gasteiger partial charge in [-0.3, -0.25) is 0 Å². The van der Waals surface area contributed by atoms with Crippen molar-refractivity contribution in [2.75, 3.05) is 4.05 Å². The molecule has 0 saturated heterocycles. The molecule has 0 heterocycles. The maximum atomic E-state index is 6.95. The number of benzene rings is 2. The highest BCUT2D eigenvalue weighted by Crippen LogP contribution is 2.27. The van der Waals surface area contributed by atoms with Crippen molar-refractivity contribution in [2.45, 2.75) is 24.9 Å². The van der Waals surface area contributed by atoms with Crippen molar-refractivity contribution in [3.63, 3.8) is 0 Å². The lowest BCUT2D eigenvalue weighted by Crippen LogP contribution is -2.31. The molecule has 0 spiro atoms.